The van der Waals surface area contributed by atoms with Crippen LogP contribution < -0.4 is 5.32 Å². The van der Waals surface area contributed by atoms with Crippen molar-refractivity contribution in [1.29, 1.82) is 0 Å². The van der Waals surface area contributed by atoms with E-state index in [0.29, 0.717) is 16.6 Å². The first-order chi connectivity index (χ1) is 9.45. The minimum absolute atomic E-state index is 0.0108. The molecule has 1 aromatic carbocycles. The Morgan fingerprint density at radius 3 is 2.65 bits per heavy atom. The van der Waals surface area contributed by atoms with Gasteiger partial charge in [0.2, 0.25) is 0 Å². The summed E-state index contributed by atoms with van der Waals surface area (Å²) in [6.07, 6.45) is 4.79. The topological polar surface area (TPSA) is 32.3 Å². The lowest BCUT2D eigenvalue weighted by molar-refractivity contribution is 0.0827. The second-order valence-corrected chi connectivity index (χ2v) is 5.84. The SMILES string of the molecule is CCCCCC(C)Nc1cc(C(=O)N(C)C)ccc1Cl. The van der Waals surface area contributed by atoms with Crippen LogP contribution in [0.2, 0.25) is 5.02 Å². The normalized spacial score (nSPS) is 12.1. The summed E-state index contributed by atoms with van der Waals surface area (Å²) >= 11 is 6.20. The molecular weight excluding hydrogens is 272 g/mol. The van der Waals surface area contributed by atoms with E-state index in [2.05, 4.69) is 19.2 Å². The fourth-order valence-corrected chi connectivity index (χ4v) is 2.24. The number of nitrogens with one attached hydrogen (secondary N) is 1. The van der Waals surface area contributed by atoms with Crippen molar-refractivity contribution < 1.29 is 4.79 Å². The Morgan fingerprint density at radius 1 is 1.35 bits per heavy atom. The van der Waals surface area contributed by atoms with E-state index in [0.717, 1.165) is 12.1 Å². The molecule has 0 aliphatic carbocycles. The minimum Gasteiger partial charge on any atom is -0.381 e. The number of halogens is 1. The van der Waals surface area contributed by atoms with Crippen LogP contribution in [0.15, 0.2) is 18.2 Å². The summed E-state index contributed by atoms with van der Waals surface area (Å²) in [6.45, 7) is 4.34. The number of benzene rings is 1. The van der Waals surface area contributed by atoms with Crippen LogP contribution in [0.5, 0.6) is 0 Å². The highest BCUT2D eigenvalue weighted by molar-refractivity contribution is 6.33. The first-order valence-electron chi connectivity index (χ1n) is 7.23. The average molecular weight is 297 g/mol. The van der Waals surface area contributed by atoms with Gasteiger partial charge in [-0.25, -0.2) is 0 Å². The average Bonchev–Trinajstić information content (AvgIpc) is 2.40. The number of nitrogens with zero attached hydrogens (tertiary/aromatic N) is 1. The van der Waals surface area contributed by atoms with Crippen LogP contribution in [-0.2, 0) is 0 Å². The summed E-state index contributed by atoms with van der Waals surface area (Å²) in [4.78, 5) is 13.5. The Kier molecular flexibility index (Phi) is 6.86. The van der Waals surface area contributed by atoms with Crippen LogP contribution in [0.3, 0.4) is 0 Å². The molecule has 1 amide bonds. The Morgan fingerprint density at radius 2 is 2.05 bits per heavy atom. The molecule has 0 aliphatic heterocycles. The molecule has 0 bridgehead atoms. The van der Waals surface area contributed by atoms with Gasteiger partial charge in [0.05, 0.1) is 10.7 Å². The van der Waals surface area contributed by atoms with Gasteiger partial charge in [0.1, 0.15) is 0 Å². The van der Waals surface area contributed by atoms with Gasteiger partial charge in [-0.3, -0.25) is 4.79 Å². The van der Waals surface area contributed by atoms with Crippen molar-refractivity contribution in [2.45, 2.75) is 45.6 Å². The van der Waals surface area contributed by atoms with E-state index in [-0.39, 0.29) is 5.91 Å². The number of rotatable bonds is 7. The van der Waals surface area contributed by atoms with Crippen molar-refractivity contribution in [2.75, 3.05) is 19.4 Å². The maximum absolute atomic E-state index is 12.0. The van der Waals surface area contributed by atoms with E-state index in [4.69, 9.17) is 11.6 Å². The first kappa shape index (κ1) is 16.8. The van der Waals surface area contributed by atoms with Gasteiger partial charge in [-0.2, -0.15) is 0 Å². The predicted molar refractivity (Wildman–Crippen MR) is 86.7 cm³/mol. The highest BCUT2D eigenvalue weighted by Gasteiger charge is 2.12. The van der Waals surface area contributed by atoms with Gasteiger partial charge in [0.25, 0.3) is 5.91 Å². The monoisotopic (exact) mass is 296 g/mol. The quantitative estimate of drug-likeness (QED) is 0.755. The van der Waals surface area contributed by atoms with Crippen LogP contribution in [0.25, 0.3) is 0 Å². The zero-order valence-corrected chi connectivity index (χ0v) is 13.6. The second kappa shape index (κ2) is 8.15. The van der Waals surface area contributed by atoms with Gasteiger partial charge in [-0.15, -0.1) is 0 Å². The number of unbranched alkanes of at least 4 members (excludes halogenated alkanes) is 2. The van der Waals surface area contributed by atoms with Gasteiger partial charge >= 0.3 is 0 Å². The maximum atomic E-state index is 12.0. The molecule has 0 spiro atoms. The molecule has 0 heterocycles. The van der Waals surface area contributed by atoms with Crippen molar-refractivity contribution in [3.8, 4) is 0 Å². The Balaban J connectivity index is 2.74. The summed E-state index contributed by atoms with van der Waals surface area (Å²) in [6, 6.07) is 5.72. The van der Waals surface area contributed by atoms with E-state index in [1.807, 2.05) is 6.07 Å². The molecule has 0 radical (unpaired) electrons. The van der Waals surface area contributed by atoms with Crippen LogP contribution in [0, 0.1) is 0 Å². The molecule has 0 fully saturated rings. The molecule has 1 aromatic rings. The van der Waals surface area contributed by atoms with Crippen LogP contribution in [-0.4, -0.2) is 30.9 Å². The Hall–Kier alpha value is -1.22. The molecule has 1 rings (SSSR count). The molecule has 4 heteroatoms. The third-order valence-electron chi connectivity index (χ3n) is 3.26. The van der Waals surface area contributed by atoms with Gasteiger partial charge < -0.3 is 10.2 Å². The number of carbonyl (C=O) groups excluding carboxylic acids is 1. The fraction of sp³-hybridized carbons (Fsp3) is 0.562. The molecule has 1 N–H and O–H groups in total. The van der Waals surface area contributed by atoms with E-state index in [1.54, 1.807) is 31.1 Å². The standard InChI is InChI=1S/C16H25ClN2O/c1-5-6-7-8-12(2)18-15-11-13(9-10-14(15)17)16(20)19(3)4/h9-12,18H,5-8H2,1-4H3. The van der Waals surface area contributed by atoms with Crippen molar-refractivity contribution >= 4 is 23.2 Å². The number of hydrogen-bond acceptors (Lipinski definition) is 2. The summed E-state index contributed by atoms with van der Waals surface area (Å²) in [7, 11) is 3.49. The smallest absolute Gasteiger partial charge is 0.253 e. The fourth-order valence-electron chi connectivity index (χ4n) is 2.07. The molecule has 0 saturated carbocycles. The molecule has 20 heavy (non-hydrogen) atoms. The Labute approximate surface area is 127 Å². The van der Waals surface area contributed by atoms with Gasteiger partial charge in [0, 0.05) is 25.7 Å². The maximum Gasteiger partial charge on any atom is 0.253 e. The third-order valence-corrected chi connectivity index (χ3v) is 3.59. The van der Waals surface area contributed by atoms with Crippen molar-refractivity contribution in [3.63, 3.8) is 0 Å². The zero-order valence-electron chi connectivity index (χ0n) is 12.9. The number of anilines is 1. The second-order valence-electron chi connectivity index (χ2n) is 5.44. The van der Waals surface area contributed by atoms with Crippen LogP contribution in [0.1, 0.15) is 49.9 Å². The largest absolute Gasteiger partial charge is 0.381 e. The highest BCUT2D eigenvalue weighted by atomic mass is 35.5. The van der Waals surface area contributed by atoms with Gasteiger partial charge in [-0.05, 0) is 31.5 Å². The summed E-state index contributed by atoms with van der Waals surface area (Å²) in [5.41, 5.74) is 1.49. The number of amides is 1. The Bertz CT molecular complexity index is 446. The summed E-state index contributed by atoms with van der Waals surface area (Å²) in [5, 5.41) is 4.06. The van der Waals surface area contributed by atoms with Crippen molar-refractivity contribution in [2.24, 2.45) is 0 Å². The molecule has 0 aromatic heterocycles. The van der Waals surface area contributed by atoms with Gasteiger partial charge in [-0.1, -0.05) is 37.8 Å². The zero-order chi connectivity index (χ0) is 15.1. The van der Waals surface area contributed by atoms with Gasteiger partial charge in [0.15, 0.2) is 0 Å². The van der Waals surface area contributed by atoms with E-state index < -0.39 is 0 Å². The minimum atomic E-state index is -0.0108. The summed E-state index contributed by atoms with van der Waals surface area (Å²) < 4.78 is 0. The third kappa shape index (κ3) is 5.04. The lowest BCUT2D eigenvalue weighted by Gasteiger charge is -2.18. The van der Waals surface area contributed by atoms with Crippen molar-refractivity contribution in [3.05, 3.63) is 28.8 Å². The molecule has 1 unspecified atom stereocenters. The van der Waals surface area contributed by atoms with E-state index in [9.17, 15) is 4.79 Å². The van der Waals surface area contributed by atoms with E-state index in [1.165, 1.54) is 19.3 Å². The molecule has 112 valence electrons. The molecular formula is C16H25ClN2O. The first-order valence-corrected chi connectivity index (χ1v) is 7.61. The van der Waals surface area contributed by atoms with Crippen LogP contribution in [0.4, 0.5) is 5.69 Å². The highest BCUT2D eigenvalue weighted by Crippen LogP contribution is 2.25. The number of carbonyl (C=O) groups is 1. The number of hydrogen-bond donors (Lipinski definition) is 1. The lowest BCUT2D eigenvalue weighted by atomic mass is 10.1. The van der Waals surface area contributed by atoms with Crippen LogP contribution >= 0.6 is 11.6 Å². The molecule has 0 saturated heterocycles. The van der Waals surface area contributed by atoms with Crippen molar-refractivity contribution in [1.82, 2.24) is 4.90 Å². The lowest BCUT2D eigenvalue weighted by Crippen LogP contribution is -2.22. The predicted octanol–water partition coefficient (Wildman–Crippen LogP) is 4.42. The summed E-state index contributed by atoms with van der Waals surface area (Å²) in [5.74, 6) is -0.0108. The van der Waals surface area contributed by atoms with E-state index >= 15 is 0 Å². The molecule has 3 nitrogen and oxygen atoms in total. The molecule has 0 aliphatic rings. The molecule has 1 atom stereocenters.